The lowest BCUT2D eigenvalue weighted by Gasteiger charge is -2.12. The van der Waals surface area contributed by atoms with E-state index in [1.165, 1.54) is 24.8 Å². The van der Waals surface area contributed by atoms with Gasteiger partial charge in [-0.3, -0.25) is 5.32 Å². The van der Waals surface area contributed by atoms with Crippen molar-refractivity contribution in [1.82, 2.24) is 15.1 Å². The molecule has 1 aliphatic carbocycles. The fourth-order valence-electron chi connectivity index (χ4n) is 2.29. The van der Waals surface area contributed by atoms with Crippen LogP contribution in [0, 0.1) is 0 Å². The first-order chi connectivity index (χ1) is 9.16. The first-order valence-electron chi connectivity index (χ1n) is 6.93. The fraction of sp³-hybridized carbons (Fsp3) is 0.571. The summed E-state index contributed by atoms with van der Waals surface area (Å²) >= 11 is 0. The average molecular weight is 262 g/mol. The largest absolute Gasteiger partial charge is 0.338 e. The summed E-state index contributed by atoms with van der Waals surface area (Å²) < 4.78 is 1.79. The Balaban J connectivity index is 1.76. The van der Waals surface area contributed by atoms with E-state index in [-0.39, 0.29) is 12.1 Å². The average Bonchev–Trinajstić information content (AvgIpc) is 2.99. The molecular weight excluding hydrogens is 240 g/mol. The molecule has 19 heavy (non-hydrogen) atoms. The van der Waals surface area contributed by atoms with E-state index in [4.69, 9.17) is 0 Å². The highest BCUT2D eigenvalue weighted by atomic mass is 16.2. The van der Waals surface area contributed by atoms with Gasteiger partial charge in [-0.2, -0.15) is 5.10 Å². The first kappa shape index (κ1) is 13.6. The molecule has 0 bridgehead atoms. The molecule has 1 heterocycles. The Morgan fingerprint density at radius 2 is 2.37 bits per heavy atom. The van der Waals surface area contributed by atoms with Crippen molar-refractivity contribution < 1.29 is 4.79 Å². The van der Waals surface area contributed by atoms with Gasteiger partial charge in [-0.15, -0.1) is 0 Å². The second kappa shape index (κ2) is 6.41. The summed E-state index contributed by atoms with van der Waals surface area (Å²) in [6, 6.07) is 1.87. The number of aromatic nitrogens is 2. The number of hydrogen-bond acceptors (Lipinski definition) is 2. The molecule has 2 N–H and O–H groups in total. The zero-order valence-electron chi connectivity index (χ0n) is 11.6. The van der Waals surface area contributed by atoms with Crippen molar-refractivity contribution in [3.8, 4) is 0 Å². The minimum Gasteiger partial charge on any atom is -0.338 e. The summed E-state index contributed by atoms with van der Waals surface area (Å²) in [6.45, 7) is 4.75. The van der Waals surface area contributed by atoms with Crippen molar-refractivity contribution in [2.45, 2.75) is 45.6 Å². The minimum absolute atomic E-state index is 0.166. The lowest BCUT2D eigenvalue weighted by atomic mass is 10.2. The number of amides is 2. The molecule has 0 saturated carbocycles. The molecule has 0 radical (unpaired) electrons. The molecule has 5 nitrogen and oxygen atoms in total. The molecule has 0 unspecified atom stereocenters. The van der Waals surface area contributed by atoms with Crippen LogP contribution in [0.3, 0.4) is 0 Å². The third kappa shape index (κ3) is 3.84. The molecule has 5 heteroatoms. The van der Waals surface area contributed by atoms with E-state index in [2.05, 4.69) is 21.8 Å². The topological polar surface area (TPSA) is 59.0 Å². The number of anilines is 1. The van der Waals surface area contributed by atoms with Crippen molar-refractivity contribution in [2.24, 2.45) is 0 Å². The highest BCUT2D eigenvalue weighted by Gasteiger charge is 2.09. The van der Waals surface area contributed by atoms with E-state index in [1.54, 1.807) is 16.9 Å². The molecule has 0 fully saturated rings. The Morgan fingerprint density at radius 1 is 1.53 bits per heavy atom. The second-order valence-corrected chi connectivity index (χ2v) is 5.14. The van der Waals surface area contributed by atoms with E-state index in [0.29, 0.717) is 6.54 Å². The lowest BCUT2D eigenvalue weighted by molar-refractivity contribution is 0.252. The van der Waals surface area contributed by atoms with Crippen molar-refractivity contribution in [3.05, 3.63) is 23.9 Å². The first-order valence-corrected chi connectivity index (χ1v) is 6.93. The summed E-state index contributed by atoms with van der Waals surface area (Å²) in [4.78, 5) is 11.8. The predicted octanol–water partition coefficient (Wildman–Crippen LogP) is 3.09. The van der Waals surface area contributed by atoms with Gasteiger partial charge in [-0.1, -0.05) is 11.6 Å². The molecule has 0 aromatic carbocycles. The highest BCUT2D eigenvalue weighted by molar-refractivity contribution is 5.88. The third-order valence-electron chi connectivity index (χ3n) is 3.27. The quantitative estimate of drug-likeness (QED) is 0.801. The summed E-state index contributed by atoms with van der Waals surface area (Å²) in [6.07, 6.45) is 8.57. The normalized spacial score (nSPS) is 14.6. The van der Waals surface area contributed by atoms with E-state index in [1.807, 2.05) is 13.8 Å². The molecule has 0 saturated heterocycles. The zero-order chi connectivity index (χ0) is 13.7. The maximum absolute atomic E-state index is 11.8. The van der Waals surface area contributed by atoms with Crippen LogP contribution in [0.15, 0.2) is 23.9 Å². The van der Waals surface area contributed by atoms with Crippen LogP contribution in [-0.2, 0) is 0 Å². The number of allylic oxidation sites excluding steroid dienone is 1. The smallest absolute Gasteiger partial charge is 0.320 e. The van der Waals surface area contributed by atoms with E-state index < -0.39 is 0 Å². The van der Waals surface area contributed by atoms with Crippen molar-refractivity contribution in [2.75, 3.05) is 11.9 Å². The Kier molecular flexibility index (Phi) is 4.60. The van der Waals surface area contributed by atoms with E-state index >= 15 is 0 Å². The van der Waals surface area contributed by atoms with Crippen LogP contribution in [0.4, 0.5) is 10.6 Å². The Bertz CT molecular complexity index is 462. The lowest BCUT2D eigenvalue weighted by Crippen LogP contribution is -2.30. The van der Waals surface area contributed by atoms with Crippen LogP contribution in [0.1, 0.15) is 45.6 Å². The van der Waals surface area contributed by atoms with Crippen molar-refractivity contribution >= 4 is 11.8 Å². The van der Waals surface area contributed by atoms with Gasteiger partial charge in [0.05, 0.1) is 6.20 Å². The monoisotopic (exact) mass is 262 g/mol. The van der Waals surface area contributed by atoms with Crippen molar-refractivity contribution in [1.29, 1.82) is 0 Å². The van der Waals surface area contributed by atoms with Crippen LogP contribution in [-0.4, -0.2) is 22.4 Å². The SMILES string of the molecule is CC(C)n1nccc1NC(=O)NCCC1=CCCC1. The maximum Gasteiger partial charge on any atom is 0.320 e. The van der Waals surface area contributed by atoms with E-state index in [9.17, 15) is 4.79 Å². The van der Waals surface area contributed by atoms with E-state index in [0.717, 1.165) is 12.2 Å². The number of hydrogen-bond donors (Lipinski definition) is 2. The van der Waals surface area contributed by atoms with Crippen LogP contribution in [0.5, 0.6) is 0 Å². The number of carbonyl (C=O) groups is 1. The predicted molar refractivity (Wildman–Crippen MR) is 76.2 cm³/mol. The molecule has 2 amide bonds. The summed E-state index contributed by atoms with van der Waals surface area (Å²) in [5.74, 6) is 0.729. The number of rotatable bonds is 5. The van der Waals surface area contributed by atoms with Crippen molar-refractivity contribution in [3.63, 3.8) is 0 Å². The van der Waals surface area contributed by atoms with Gasteiger partial charge in [0.1, 0.15) is 5.82 Å². The standard InChI is InChI=1S/C14H22N4O/c1-11(2)18-13(8-10-16-18)17-14(19)15-9-7-12-5-3-4-6-12/h5,8,10-11H,3-4,6-7,9H2,1-2H3,(H2,15,17,19). The van der Waals surface area contributed by atoms with Gasteiger partial charge >= 0.3 is 6.03 Å². The molecule has 0 atom stereocenters. The third-order valence-corrected chi connectivity index (χ3v) is 3.27. The molecule has 0 spiro atoms. The highest BCUT2D eigenvalue weighted by Crippen LogP contribution is 2.19. The molecular formula is C14H22N4O. The summed E-state index contributed by atoms with van der Waals surface area (Å²) in [7, 11) is 0. The Labute approximate surface area is 114 Å². The van der Waals surface area contributed by atoms with Gasteiger partial charge in [0.25, 0.3) is 0 Å². The Morgan fingerprint density at radius 3 is 3.05 bits per heavy atom. The van der Waals surface area contributed by atoms with Gasteiger partial charge in [0.2, 0.25) is 0 Å². The fourth-order valence-corrected chi connectivity index (χ4v) is 2.29. The van der Waals surface area contributed by atoms with Gasteiger partial charge in [0, 0.05) is 18.7 Å². The molecule has 0 aliphatic heterocycles. The maximum atomic E-state index is 11.8. The number of nitrogens with one attached hydrogen (secondary N) is 2. The van der Waals surface area contributed by atoms with Crippen LogP contribution in [0.2, 0.25) is 0 Å². The molecule has 1 aromatic rings. The summed E-state index contributed by atoms with van der Waals surface area (Å²) in [5, 5.41) is 9.89. The zero-order valence-corrected chi connectivity index (χ0v) is 11.6. The molecule has 1 aliphatic rings. The minimum atomic E-state index is -0.166. The molecule has 104 valence electrons. The number of nitrogens with zero attached hydrogens (tertiary/aromatic N) is 2. The Hall–Kier alpha value is -1.78. The van der Waals surface area contributed by atoms with Crippen LogP contribution >= 0.6 is 0 Å². The number of urea groups is 1. The van der Waals surface area contributed by atoms with Gasteiger partial charge in [-0.05, 0) is 39.5 Å². The molecule has 2 rings (SSSR count). The van der Waals surface area contributed by atoms with Gasteiger partial charge in [-0.25, -0.2) is 9.48 Å². The van der Waals surface area contributed by atoms with Gasteiger partial charge < -0.3 is 5.32 Å². The number of carbonyl (C=O) groups excluding carboxylic acids is 1. The molecule has 1 aromatic heterocycles. The van der Waals surface area contributed by atoms with Gasteiger partial charge in [0.15, 0.2) is 0 Å². The van der Waals surface area contributed by atoms with Crippen LogP contribution < -0.4 is 10.6 Å². The second-order valence-electron chi connectivity index (χ2n) is 5.14. The van der Waals surface area contributed by atoms with Crippen LogP contribution in [0.25, 0.3) is 0 Å². The summed E-state index contributed by atoms with van der Waals surface area (Å²) in [5.41, 5.74) is 1.47.